The maximum Gasteiger partial charge on any atom is 0.336 e. The number of carbonyl (C=O) groups is 1. The summed E-state index contributed by atoms with van der Waals surface area (Å²) in [5, 5.41) is 10.4. The Bertz CT molecular complexity index is 717. The molecule has 3 rings (SSSR count). The van der Waals surface area contributed by atoms with E-state index in [0.29, 0.717) is 17.4 Å². The van der Waals surface area contributed by atoms with Crippen molar-refractivity contribution in [2.45, 2.75) is 64.2 Å². The zero-order chi connectivity index (χ0) is 16.4. The molecule has 3 heteroatoms. The predicted molar refractivity (Wildman–Crippen MR) is 93.2 cm³/mol. The molecular formula is C20H25NO2. The number of rotatable bonds is 4. The zero-order valence-electron chi connectivity index (χ0n) is 14.0. The first-order valence-corrected chi connectivity index (χ1v) is 8.78. The second kappa shape index (κ2) is 6.69. The summed E-state index contributed by atoms with van der Waals surface area (Å²) < 4.78 is 0. The molecule has 1 aromatic carbocycles. The Kier molecular flexibility index (Phi) is 4.65. The Balaban J connectivity index is 2.11. The highest BCUT2D eigenvalue weighted by atomic mass is 16.4. The zero-order valence-corrected chi connectivity index (χ0v) is 14.0. The summed E-state index contributed by atoms with van der Waals surface area (Å²) in [6.07, 6.45) is 7.03. The van der Waals surface area contributed by atoms with Gasteiger partial charge in [0.15, 0.2) is 0 Å². The fraction of sp³-hybridized carbons (Fsp3) is 0.500. The number of carboxylic acid groups (broad SMARTS) is 1. The minimum absolute atomic E-state index is 0.403. The van der Waals surface area contributed by atoms with Crippen LogP contribution in [0.15, 0.2) is 24.3 Å². The van der Waals surface area contributed by atoms with Crippen molar-refractivity contribution >= 4 is 16.9 Å². The summed E-state index contributed by atoms with van der Waals surface area (Å²) in [5.41, 5.74) is 3.37. The van der Waals surface area contributed by atoms with Gasteiger partial charge in [-0.1, -0.05) is 39.2 Å². The largest absolute Gasteiger partial charge is 0.478 e. The van der Waals surface area contributed by atoms with Gasteiger partial charge >= 0.3 is 5.97 Å². The van der Waals surface area contributed by atoms with Crippen molar-refractivity contribution in [3.63, 3.8) is 0 Å². The lowest BCUT2D eigenvalue weighted by Gasteiger charge is -2.22. The molecule has 1 unspecified atom stereocenters. The first-order chi connectivity index (χ1) is 11.1. The lowest BCUT2D eigenvalue weighted by molar-refractivity contribution is 0.0698. The number of aromatic carboxylic acids is 1. The number of carboxylic acids is 1. The number of pyridine rings is 1. The second-order valence-corrected chi connectivity index (χ2v) is 6.82. The Morgan fingerprint density at radius 1 is 1.26 bits per heavy atom. The fourth-order valence-corrected chi connectivity index (χ4v) is 3.59. The Hall–Kier alpha value is -1.90. The van der Waals surface area contributed by atoms with Gasteiger partial charge in [-0.3, -0.25) is 4.98 Å². The monoisotopic (exact) mass is 311 g/mol. The molecule has 0 saturated heterocycles. The molecule has 1 aliphatic rings. The molecule has 122 valence electrons. The molecule has 1 atom stereocenters. The van der Waals surface area contributed by atoms with Crippen LogP contribution in [0.3, 0.4) is 0 Å². The average Bonchev–Trinajstić information content (AvgIpc) is 2.60. The molecule has 0 bridgehead atoms. The molecule has 2 aromatic rings. The molecule has 0 aliphatic heterocycles. The van der Waals surface area contributed by atoms with Gasteiger partial charge in [0, 0.05) is 17.0 Å². The van der Waals surface area contributed by atoms with Gasteiger partial charge in [0.05, 0.1) is 11.1 Å². The molecule has 0 amide bonds. The van der Waals surface area contributed by atoms with Gasteiger partial charge in [-0.15, -0.1) is 0 Å². The molecule has 0 radical (unpaired) electrons. The molecule has 1 aromatic heterocycles. The van der Waals surface area contributed by atoms with Crippen LogP contribution in [0.2, 0.25) is 0 Å². The standard InChI is InChI=1S/C20H25NO2/c1-3-13(2)15-9-10-18-16(11-15)17(20(22)23)12-19(21-18)14-7-5-4-6-8-14/h9-14H,3-8H2,1-2H3,(H,22,23). The van der Waals surface area contributed by atoms with Gasteiger partial charge in [-0.25, -0.2) is 4.79 Å². The molecule has 1 saturated carbocycles. The van der Waals surface area contributed by atoms with E-state index in [-0.39, 0.29) is 0 Å². The van der Waals surface area contributed by atoms with Crippen molar-refractivity contribution in [1.82, 2.24) is 4.98 Å². The number of nitrogens with zero attached hydrogens (tertiary/aromatic N) is 1. The van der Waals surface area contributed by atoms with Gasteiger partial charge < -0.3 is 5.11 Å². The van der Waals surface area contributed by atoms with Crippen molar-refractivity contribution < 1.29 is 9.90 Å². The normalized spacial score (nSPS) is 17.3. The van der Waals surface area contributed by atoms with E-state index in [0.717, 1.165) is 35.9 Å². The van der Waals surface area contributed by atoms with Crippen LogP contribution in [0.4, 0.5) is 0 Å². The van der Waals surface area contributed by atoms with Crippen molar-refractivity contribution in [3.05, 3.63) is 41.1 Å². The van der Waals surface area contributed by atoms with Crippen molar-refractivity contribution in [1.29, 1.82) is 0 Å². The average molecular weight is 311 g/mol. The number of hydrogen-bond donors (Lipinski definition) is 1. The first kappa shape index (κ1) is 16.0. The smallest absolute Gasteiger partial charge is 0.336 e. The van der Waals surface area contributed by atoms with E-state index in [2.05, 4.69) is 19.9 Å². The summed E-state index contributed by atoms with van der Waals surface area (Å²) in [6.45, 7) is 4.32. The number of aromatic nitrogens is 1. The van der Waals surface area contributed by atoms with Crippen LogP contribution < -0.4 is 0 Å². The Morgan fingerprint density at radius 2 is 2.00 bits per heavy atom. The van der Waals surface area contributed by atoms with Gasteiger partial charge in [-0.2, -0.15) is 0 Å². The number of hydrogen-bond acceptors (Lipinski definition) is 2. The highest BCUT2D eigenvalue weighted by Gasteiger charge is 2.20. The molecular weight excluding hydrogens is 286 g/mol. The topological polar surface area (TPSA) is 50.2 Å². The lowest BCUT2D eigenvalue weighted by Crippen LogP contribution is -2.09. The van der Waals surface area contributed by atoms with E-state index < -0.39 is 5.97 Å². The van der Waals surface area contributed by atoms with E-state index in [4.69, 9.17) is 4.98 Å². The molecule has 1 heterocycles. The predicted octanol–water partition coefficient (Wildman–Crippen LogP) is 5.49. The highest BCUT2D eigenvalue weighted by Crippen LogP contribution is 2.34. The van der Waals surface area contributed by atoms with Crippen LogP contribution in [-0.2, 0) is 0 Å². The molecule has 0 spiro atoms. The summed E-state index contributed by atoms with van der Waals surface area (Å²) >= 11 is 0. The third kappa shape index (κ3) is 3.24. The van der Waals surface area contributed by atoms with Crippen LogP contribution >= 0.6 is 0 Å². The third-order valence-corrected chi connectivity index (χ3v) is 5.29. The second-order valence-electron chi connectivity index (χ2n) is 6.82. The van der Waals surface area contributed by atoms with Crippen LogP contribution in [-0.4, -0.2) is 16.1 Å². The van der Waals surface area contributed by atoms with E-state index in [9.17, 15) is 9.90 Å². The summed E-state index contributed by atoms with van der Waals surface area (Å²) in [5.74, 6) is -0.00433. The first-order valence-electron chi connectivity index (χ1n) is 8.78. The van der Waals surface area contributed by atoms with Gasteiger partial charge in [0.25, 0.3) is 0 Å². The Morgan fingerprint density at radius 3 is 2.65 bits per heavy atom. The van der Waals surface area contributed by atoms with Crippen LogP contribution in [0, 0.1) is 0 Å². The van der Waals surface area contributed by atoms with Crippen LogP contribution in [0.5, 0.6) is 0 Å². The van der Waals surface area contributed by atoms with Crippen molar-refractivity contribution in [3.8, 4) is 0 Å². The molecule has 1 fully saturated rings. The van der Waals surface area contributed by atoms with Gasteiger partial charge in [-0.05, 0) is 48.9 Å². The minimum Gasteiger partial charge on any atom is -0.478 e. The quantitative estimate of drug-likeness (QED) is 0.811. The van der Waals surface area contributed by atoms with E-state index >= 15 is 0 Å². The summed E-state index contributed by atoms with van der Waals surface area (Å²) in [4.78, 5) is 16.6. The minimum atomic E-state index is -0.851. The molecule has 3 nitrogen and oxygen atoms in total. The van der Waals surface area contributed by atoms with Crippen molar-refractivity contribution in [2.24, 2.45) is 0 Å². The fourth-order valence-electron chi connectivity index (χ4n) is 3.59. The molecule has 1 N–H and O–H groups in total. The van der Waals surface area contributed by atoms with Gasteiger partial charge in [0.2, 0.25) is 0 Å². The lowest BCUT2D eigenvalue weighted by atomic mass is 9.85. The third-order valence-electron chi connectivity index (χ3n) is 5.29. The van der Waals surface area contributed by atoms with E-state index in [1.165, 1.54) is 24.8 Å². The molecule has 1 aliphatic carbocycles. The highest BCUT2D eigenvalue weighted by molar-refractivity contribution is 6.02. The SMILES string of the molecule is CCC(C)c1ccc2nc(C3CCCCC3)cc(C(=O)O)c2c1. The number of fused-ring (bicyclic) bond motifs is 1. The molecule has 23 heavy (non-hydrogen) atoms. The maximum atomic E-state index is 11.8. The van der Waals surface area contributed by atoms with Gasteiger partial charge in [0.1, 0.15) is 0 Å². The maximum absolute atomic E-state index is 11.8. The Labute approximate surface area is 137 Å². The van der Waals surface area contributed by atoms with Crippen LogP contribution in [0.25, 0.3) is 10.9 Å². The van der Waals surface area contributed by atoms with E-state index in [1.807, 2.05) is 18.2 Å². The summed E-state index contributed by atoms with van der Waals surface area (Å²) in [6, 6.07) is 7.93. The van der Waals surface area contributed by atoms with Crippen molar-refractivity contribution in [2.75, 3.05) is 0 Å². The van der Waals surface area contributed by atoms with E-state index in [1.54, 1.807) is 0 Å². The number of benzene rings is 1. The summed E-state index contributed by atoms with van der Waals surface area (Å²) in [7, 11) is 0. The van der Waals surface area contributed by atoms with Crippen LogP contribution in [0.1, 0.15) is 85.8 Å².